The number of rotatable bonds is 5. The Balaban J connectivity index is 2.34. The third kappa shape index (κ3) is 2.65. The highest BCUT2D eigenvalue weighted by Crippen LogP contribution is 2.24. The minimum atomic E-state index is 0.0683. The van der Waals surface area contributed by atoms with Gasteiger partial charge in [0, 0.05) is 6.54 Å². The zero-order valence-corrected chi connectivity index (χ0v) is 10.8. The van der Waals surface area contributed by atoms with E-state index in [1.54, 1.807) is 14.2 Å². The highest BCUT2D eigenvalue weighted by molar-refractivity contribution is 5.33. The maximum Gasteiger partial charge on any atom is 0.183 e. The Kier molecular flexibility index (Phi) is 3.88. The number of tetrazole rings is 1. The summed E-state index contributed by atoms with van der Waals surface area (Å²) in [5, 5.41) is 15.4. The van der Waals surface area contributed by atoms with Gasteiger partial charge in [-0.1, -0.05) is 12.1 Å². The van der Waals surface area contributed by atoms with Gasteiger partial charge >= 0.3 is 0 Å². The molecule has 0 aliphatic heterocycles. The van der Waals surface area contributed by atoms with E-state index >= 15 is 0 Å². The Hall–Kier alpha value is -1.95. The number of likely N-dealkylation sites (N-methyl/N-ethyl adjacent to an activating group) is 1. The smallest absolute Gasteiger partial charge is 0.183 e. The van der Waals surface area contributed by atoms with Gasteiger partial charge in [-0.25, -0.2) is 0 Å². The van der Waals surface area contributed by atoms with Gasteiger partial charge in [-0.2, -0.15) is 4.80 Å². The van der Waals surface area contributed by atoms with Crippen molar-refractivity contribution in [3.05, 3.63) is 35.7 Å². The number of hydrogen-bond acceptors (Lipinski definition) is 5. The van der Waals surface area contributed by atoms with Crippen LogP contribution in [0.3, 0.4) is 0 Å². The number of hydrogen-bond donors (Lipinski definition) is 1. The second-order valence-electron chi connectivity index (χ2n) is 4.02. The van der Waals surface area contributed by atoms with Crippen LogP contribution in [0.4, 0.5) is 0 Å². The maximum absolute atomic E-state index is 5.24. The van der Waals surface area contributed by atoms with Crippen LogP contribution in [0, 0.1) is 0 Å². The van der Waals surface area contributed by atoms with Crippen LogP contribution >= 0.6 is 0 Å². The first-order valence-corrected chi connectivity index (χ1v) is 5.77. The largest absolute Gasteiger partial charge is 0.497 e. The summed E-state index contributed by atoms with van der Waals surface area (Å²) in [6.07, 6.45) is 0. The van der Waals surface area contributed by atoms with E-state index in [-0.39, 0.29) is 5.92 Å². The van der Waals surface area contributed by atoms with Gasteiger partial charge in [-0.05, 0) is 30.0 Å². The van der Waals surface area contributed by atoms with Gasteiger partial charge < -0.3 is 10.1 Å². The molecule has 0 aliphatic carbocycles. The highest BCUT2D eigenvalue weighted by Gasteiger charge is 2.18. The normalized spacial score (nSPS) is 12.4. The van der Waals surface area contributed by atoms with Crippen molar-refractivity contribution >= 4 is 0 Å². The van der Waals surface area contributed by atoms with Crippen molar-refractivity contribution in [3.63, 3.8) is 0 Å². The lowest BCUT2D eigenvalue weighted by Crippen LogP contribution is -2.19. The second kappa shape index (κ2) is 5.59. The van der Waals surface area contributed by atoms with Gasteiger partial charge in [-0.15, -0.1) is 10.2 Å². The van der Waals surface area contributed by atoms with Crippen molar-refractivity contribution in [2.24, 2.45) is 7.05 Å². The molecule has 1 aromatic heterocycles. The van der Waals surface area contributed by atoms with Gasteiger partial charge in [0.1, 0.15) is 5.75 Å². The summed E-state index contributed by atoms with van der Waals surface area (Å²) >= 11 is 0. The second-order valence-corrected chi connectivity index (χ2v) is 4.02. The molecular weight excluding hydrogens is 230 g/mol. The Morgan fingerprint density at radius 3 is 2.89 bits per heavy atom. The van der Waals surface area contributed by atoms with Crippen LogP contribution in [-0.4, -0.2) is 40.9 Å². The molecule has 1 N–H and O–H groups in total. The number of nitrogens with zero attached hydrogens (tertiary/aromatic N) is 4. The summed E-state index contributed by atoms with van der Waals surface area (Å²) in [6, 6.07) is 7.93. The molecule has 0 fully saturated rings. The van der Waals surface area contributed by atoms with E-state index in [9.17, 15) is 0 Å². The van der Waals surface area contributed by atoms with Crippen LogP contribution in [0.2, 0.25) is 0 Å². The van der Waals surface area contributed by atoms with Crippen LogP contribution in [0.15, 0.2) is 24.3 Å². The van der Waals surface area contributed by atoms with E-state index in [4.69, 9.17) is 4.74 Å². The van der Waals surface area contributed by atoms with E-state index in [1.165, 1.54) is 4.80 Å². The predicted molar refractivity (Wildman–Crippen MR) is 67.6 cm³/mol. The van der Waals surface area contributed by atoms with E-state index in [1.807, 2.05) is 31.3 Å². The maximum atomic E-state index is 5.24. The number of ether oxygens (including phenoxy) is 1. The fourth-order valence-corrected chi connectivity index (χ4v) is 1.86. The number of aromatic nitrogens is 4. The minimum absolute atomic E-state index is 0.0683. The minimum Gasteiger partial charge on any atom is -0.497 e. The molecule has 2 rings (SSSR count). The summed E-state index contributed by atoms with van der Waals surface area (Å²) < 4.78 is 5.24. The first kappa shape index (κ1) is 12.5. The van der Waals surface area contributed by atoms with Crippen molar-refractivity contribution in [1.82, 2.24) is 25.5 Å². The van der Waals surface area contributed by atoms with Gasteiger partial charge in [0.05, 0.1) is 20.1 Å². The SMILES string of the molecule is CNCC(c1cccc(OC)c1)c1nnn(C)n1. The molecular formula is C12H17N5O. The Labute approximate surface area is 106 Å². The van der Waals surface area contributed by atoms with Gasteiger partial charge in [0.25, 0.3) is 0 Å². The van der Waals surface area contributed by atoms with Crippen molar-refractivity contribution in [1.29, 1.82) is 0 Å². The topological polar surface area (TPSA) is 64.9 Å². The van der Waals surface area contributed by atoms with Crippen LogP contribution in [0.25, 0.3) is 0 Å². The molecule has 0 aliphatic rings. The summed E-state index contributed by atoms with van der Waals surface area (Å²) in [5.41, 5.74) is 1.11. The van der Waals surface area contributed by atoms with E-state index in [2.05, 4.69) is 20.7 Å². The first-order chi connectivity index (χ1) is 8.74. The number of nitrogens with one attached hydrogen (secondary N) is 1. The van der Waals surface area contributed by atoms with Crippen molar-refractivity contribution in [2.75, 3.05) is 20.7 Å². The molecule has 0 amide bonds. The van der Waals surface area contributed by atoms with Crippen LogP contribution < -0.4 is 10.1 Å². The Morgan fingerprint density at radius 2 is 2.28 bits per heavy atom. The molecule has 1 aromatic carbocycles. The van der Waals surface area contributed by atoms with E-state index in [0.717, 1.165) is 17.9 Å². The lowest BCUT2D eigenvalue weighted by atomic mass is 9.98. The average molecular weight is 247 g/mol. The van der Waals surface area contributed by atoms with Gasteiger partial charge in [0.15, 0.2) is 5.82 Å². The highest BCUT2D eigenvalue weighted by atomic mass is 16.5. The standard InChI is InChI=1S/C12H17N5O/c1-13-8-11(12-14-16-17(2)15-12)9-5-4-6-10(7-9)18-3/h4-7,11,13H,8H2,1-3H3. The molecule has 1 atom stereocenters. The molecule has 6 heteroatoms. The fourth-order valence-electron chi connectivity index (χ4n) is 1.86. The van der Waals surface area contributed by atoms with Crippen molar-refractivity contribution in [3.8, 4) is 5.75 Å². The third-order valence-electron chi connectivity index (χ3n) is 2.74. The van der Waals surface area contributed by atoms with Gasteiger partial charge in [-0.3, -0.25) is 0 Å². The Bertz CT molecular complexity index is 511. The summed E-state index contributed by atoms with van der Waals surface area (Å²) in [4.78, 5) is 1.47. The predicted octanol–water partition coefficient (Wildman–Crippen LogP) is 0.570. The molecule has 2 aromatic rings. The van der Waals surface area contributed by atoms with E-state index in [0.29, 0.717) is 5.82 Å². The molecule has 1 unspecified atom stereocenters. The van der Waals surface area contributed by atoms with Crippen LogP contribution in [0.5, 0.6) is 5.75 Å². The number of methoxy groups -OCH3 is 1. The quantitative estimate of drug-likeness (QED) is 0.836. The average Bonchev–Trinajstić information content (AvgIpc) is 2.82. The molecule has 0 radical (unpaired) electrons. The molecule has 0 saturated carbocycles. The van der Waals surface area contributed by atoms with E-state index < -0.39 is 0 Å². The zero-order chi connectivity index (χ0) is 13.0. The molecule has 96 valence electrons. The summed E-state index contributed by atoms with van der Waals surface area (Å²) in [6.45, 7) is 0.749. The first-order valence-electron chi connectivity index (χ1n) is 5.77. The molecule has 18 heavy (non-hydrogen) atoms. The number of benzene rings is 1. The molecule has 0 spiro atoms. The summed E-state index contributed by atoms with van der Waals surface area (Å²) in [5.74, 6) is 1.61. The molecule has 0 bridgehead atoms. The third-order valence-corrected chi connectivity index (χ3v) is 2.74. The van der Waals surface area contributed by atoms with Gasteiger partial charge in [0.2, 0.25) is 0 Å². The monoisotopic (exact) mass is 247 g/mol. The molecule has 6 nitrogen and oxygen atoms in total. The molecule has 0 saturated heterocycles. The summed E-state index contributed by atoms with van der Waals surface area (Å²) in [7, 11) is 5.33. The van der Waals surface area contributed by atoms with Crippen LogP contribution in [0.1, 0.15) is 17.3 Å². The lowest BCUT2D eigenvalue weighted by molar-refractivity contribution is 0.414. The number of aryl methyl sites for hydroxylation is 1. The lowest BCUT2D eigenvalue weighted by Gasteiger charge is -2.13. The zero-order valence-electron chi connectivity index (χ0n) is 10.8. The Morgan fingerprint density at radius 1 is 1.44 bits per heavy atom. The molecule has 1 heterocycles. The fraction of sp³-hybridized carbons (Fsp3) is 0.417. The van der Waals surface area contributed by atoms with Crippen LogP contribution in [-0.2, 0) is 7.05 Å². The van der Waals surface area contributed by atoms with Crippen molar-refractivity contribution < 1.29 is 4.74 Å². The van der Waals surface area contributed by atoms with Crippen molar-refractivity contribution in [2.45, 2.75) is 5.92 Å².